The van der Waals surface area contributed by atoms with E-state index in [0.29, 0.717) is 29.6 Å². The highest BCUT2D eigenvalue weighted by Gasteiger charge is 2.23. The second kappa shape index (κ2) is 6.67. The van der Waals surface area contributed by atoms with Gasteiger partial charge in [0, 0.05) is 0 Å². The first-order valence-corrected chi connectivity index (χ1v) is 7.92. The van der Waals surface area contributed by atoms with Crippen LogP contribution in [-0.4, -0.2) is 28.6 Å². The number of ether oxygens (including phenoxy) is 1. The van der Waals surface area contributed by atoms with Crippen LogP contribution in [0.15, 0.2) is 29.3 Å². The van der Waals surface area contributed by atoms with E-state index in [2.05, 4.69) is 5.10 Å². The zero-order valence-electron chi connectivity index (χ0n) is 12.4. The summed E-state index contributed by atoms with van der Waals surface area (Å²) in [4.78, 5) is 12.0. The fraction of sp³-hybridized carbons (Fsp3) is 0.333. The number of nitrogens with two attached hydrogens (primary N) is 1. The van der Waals surface area contributed by atoms with Gasteiger partial charge in [-0.15, -0.1) is 11.8 Å². The Morgan fingerprint density at radius 1 is 1.43 bits per heavy atom. The van der Waals surface area contributed by atoms with Crippen LogP contribution in [0.2, 0.25) is 0 Å². The molecule has 0 aliphatic carbocycles. The molecule has 5 nitrogen and oxygen atoms in total. The maximum Gasteiger partial charge on any atom is 0.344 e. The van der Waals surface area contributed by atoms with E-state index in [0.717, 1.165) is 11.1 Å². The van der Waals surface area contributed by atoms with Crippen LogP contribution in [0.5, 0.6) is 0 Å². The summed E-state index contributed by atoms with van der Waals surface area (Å²) in [5, 5.41) is 5.02. The van der Waals surface area contributed by atoms with Crippen LogP contribution in [0.3, 0.4) is 0 Å². The van der Waals surface area contributed by atoms with Gasteiger partial charge in [-0.3, -0.25) is 0 Å². The predicted molar refractivity (Wildman–Crippen MR) is 84.7 cm³/mol. The zero-order chi connectivity index (χ0) is 15.4. The summed E-state index contributed by atoms with van der Waals surface area (Å²) in [6, 6.07) is 8.03. The number of aryl methyl sites for hydroxylation is 1. The fourth-order valence-electron chi connectivity index (χ4n) is 2.06. The van der Waals surface area contributed by atoms with E-state index in [1.54, 1.807) is 11.6 Å². The van der Waals surface area contributed by atoms with Crippen LogP contribution in [0.1, 0.15) is 28.4 Å². The molecule has 112 valence electrons. The third kappa shape index (κ3) is 3.21. The molecule has 0 unspecified atom stereocenters. The van der Waals surface area contributed by atoms with Gasteiger partial charge in [0.15, 0.2) is 0 Å². The number of hydrogen-bond donors (Lipinski definition) is 1. The van der Waals surface area contributed by atoms with Crippen LogP contribution >= 0.6 is 11.8 Å². The largest absolute Gasteiger partial charge is 0.462 e. The molecule has 0 radical (unpaired) electrons. The van der Waals surface area contributed by atoms with Crippen molar-refractivity contribution in [2.45, 2.75) is 25.4 Å². The number of esters is 1. The van der Waals surface area contributed by atoms with E-state index in [4.69, 9.17) is 10.5 Å². The number of carbonyl (C=O) groups is 1. The van der Waals surface area contributed by atoms with E-state index >= 15 is 0 Å². The number of nitrogen functional groups attached to an aromatic ring is 1. The fourth-order valence-corrected chi connectivity index (χ4v) is 2.63. The Balaban J connectivity index is 2.38. The number of anilines is 1. The molecule has 1 aromatic carbocycles. The average molecular weight is 305 g/mol. The molecule has 0 aliphatic rings. The first-order valence-electron chi connectivity index (χ1n) is 6.70. The Morgan fingerprint density at radius 2 is 2.14 bits per heavy atom. The van der Waals surface area contributed by atoms with Crippen molar-refractivity contribution < 1.29 is 9.53 Å². The van der Waals surface area contributed by atoms with Gasteiger partial charge in [-0.2, -0.15) is 5.10 Å². The first-order chi connectivity index (χ1) is 10.1. The predicted octanol–water partition coefficient (Wildman–Crippen LogP) is 2.72. The summed E-state index contributed by atoms with van der Waals surface area (Å²) >= 11 is 1.39. The van der Waals surface area contributed by atoms with Gasteiger partial charge in [0.1, 0.15) is 16.4 Å². The lowest BCUT2D eigenvalue weighted by Gasteiger charge is -2.07. The maximum absolute atomic E-state index is 12.0. The van der Waals surface area contributed by atoms with Crippen LogP contribution in [0, 0.1) is 6.92 Å². The summed E-state index contributed by atoms with van der Waals surface area (Å²) in [5.74, 6) is -0.0727. The van der Waals surface area contributed by atoms with Crippen LogP contribution in [0.4, 0.5) is 5.82 Å². The van der Waals surface area contributed by atoms with Crippen molar-refractivity contribution in [1.29, 1.82) is 0 Å². The van der Waals surface area contributed by atoms with E-state index in [1.807, 2.05) is 37.4 Å². The standard InChI is InChI=1S/C15H19N3O2S/c1-4-20-15(19)12-13(16)18(17-14(12)21-3)9-11-8-6-5-7-10(11)2/h5-8H,4,9,16H2,1-3H3. The molecular weight excluding hydrogens is 286 g/mol. The summed E-state index contributed by atoms with van der Waals surface area (Å²) < 4.78 is 6.71. The van der Waals surface area contributed by atoms with Gasteiger partial charge in [-0.1, -0.05) is 24.3 Å². The molecule has 2 rings (SSSR count). The van der Waals surface area contributed by atoms with Gasteiger partial charge in [0.2, 0.25) is 0 Å². The molecule has 21 heavy (non-hydrogen) atoms. The lowest BCUT2D eigenvalue weighted by molar-refractivity contribution is 0.0523. The zero-order valence-corrected chi connectivity index (χ0v) is 13.2. The van der Waals surface area contributed by atoms with Gasteiger partial charge < -0.3 is 10.5 Å². The molecule has 0 aliphatic heterocycles. The lowest BCUT2D eigenvalue weighted by atomic mass is 10.1. The molecule has 2 N–H and O–H groups in total. The number of thioether (sulfide) groups is 1. The van der Waals surface area contributed by atoms with Crippen molar-refractivity contribution >= 4 is 23.5 Å². The average Bonchev–Trinajstić information content (AvgIpc) is 2.78. The van der Waals surface area contributed by atoms with Crippen molar-refractivity contribution in [3.8, 4) is 0 Å². The lowest BCUT2D eigenvalue weighted by Crippen LogP contribution is -2.11. The molecule has 0 spiro atoms. The second-order valence-corrected chi connectivity index (χ2v) is 5.37. The van der Waals surface area contributed by atoms with Crippen molar-refractivity contribution in [3.05, 3.63) is 41.0 Å². The highest BCUT2D eigenvalue weighted by atomic mass is 32.2. The normalized spacial score (nSPS) is 10.6. The third-order valence-corrected chi connectivity index (χ3v) is 3.89. The van der Waals surface area contributed by atoms with Crippen LogP contribution in [0.25, 0.3) is 0 Å². The minimum absolute atomic E-state index is 0.315. The Bertz CT molecular complexity index is 652. The van der Waals surface area contributed by atoms with Crippen molar-refractivity contribution in [2.75, 3.05) is 18.6 Å². The molecule has 0 saturated heterocycles. The molecule has 0 bridgehead atoms. The van der Waals surface area contributed by atoms with Gasteiger partial charge in [-0.25, -0.2) is 9.48 Å². The maximum atomic E-state index is 12.0. The number of benzene rings is 1. The Labute approximate surface area is 128 Å². The molecular formula is C15H19N3O2S. The highest BCUT2D eigenvalue weighted by Crippen LogP contribution is 2.26. The van der Waals surface area contributed by atoms with E-state index in [9.17, 15) is 4.79 Å². The van der Waals surface area contributed by atoms with Crippen molar-refractivity contribution in [3.63, 3.8) is 0 Å². The summed E-state index contributed by atoms with van der Waals surface area (Å²) in [6.45, 7) is 4.65. The minimum Gasteiger partial charge on any atom is -0.462 e. The summed E-state index contributed by atoms with van der Waals surface area (Å²) in [7, 11) is 0. The number of carbonyl (C=O) groups excluding carboxylic acids is 1. The quantitative estimate of drug-likeness (QED) is 0.679. The monoisotopic (exact) mass is 305 g/mol. The minimum atomic E-state index is -0.421. The highest BCUT2D eigenvalue weighted by molar-refractivity contribution is 7.98. The van der Waals surface area contributed by atoms with Gasteiger partial charge >= 0.3 is 5.97 Å². The summed E-state index contributed by atoms with van der Waals surface area (Å²) in [5.41, 5.74) is 8.74. The Hall–Kier alpha value is -1.95. The topological polar surface area (TPSA) is 70.1 Å². The van der Waals surface area contributed by atoms with Gasteiger partial charge in [0.05, 0.1) is 13.2 Å². The number of hydrogen-bond acceptors (Lipinski definition) is 5. The third-order valence-electron chi connectivity index (χ3n) is 3.21. The molecule has 0 amide bonds. The summed E-state index contributed by atoms with van der Waals surface area (Å²) in [6.07, 6.45) is 1.86. The van der Waals surface area contributed by atoms with Crippen LogP contribution < -0.4 is 5.73 Å². The first kappa shape index (κ1) is 15.4. The van der Waals surface area contributed by atoms with E-state index < -0.39 is 5.97 Å². The molecule has 0 fully saturated rings. The smallest absolute Gasteiger partial charge is 0.344 e. The molecule has 1 heterocycles. The van der Waals surface area contributed by atoms with Crippen molar-refractivity contribution in [1.82, 2.24) is 9.78 Å². The number of rotatable bonds is 5. The molecule has 0 saturated carbocycles. The molecule has 1 aromatic heterocycles. The molecule has 0 atom stereocenters. The number of nitrogens with zero attached hydrogens (tertiary/aromatic N) is 2. The van der Waals surface area contributed by atoms with E-state index in [1.165, 1.54) is 11.8 Å². The van der Waals surface area contributed by atoms with Gasteiger partial charge in [-0.05, 0) is 31.2 Å². The van der Waals surface area contributed by atoms with Gasteiger partial charge in [0.25, 0.3) is 0 Å². The SMILES string of the molecule is CCOC(=O)c1c(SC)nn(Cc2ccccc2C)c1N. The second-order valence-electron chi connectivity index (χ2n) is 4.57. The Morgan fingerprint density at radius 3 is 2.76 bits per heavy atom. The molecule has 6 heteroatoms. The number of aromatic nitrogens is 2. The van der Waals surface area contributed by atoms with Crippen LogP contribution in [-0.2, 0) is 11.3 Å². The van der Waals surface area contributed by atoms with E-state index in [-0.39, 0.29) is 0 Å². The Kier molecular flexibility index (Phi) is 4.90. The van der Waals surface area contributed by atoms with Crippen molar-refractivity contribution in [2.24, 2.45) is 0 Å². The molecule has 2 aromatic rings.